The molecule has 4 rings (SSSR count). The molecule has 0 fully saturated rings. The van der Waals surface area contributed by atoms with Crippen LogP contribution in [0.2, 0.25) is 0 Å². The van der Waals surface area contributed by atoms with Crippen molar-refractivity contribution < 1.29 is 13.9 Å². The molecule has 0 saturated carbocycles. The van der Waals surface area contributed by atoms with Crippen LogP contribution < -0.4 is 9.64 Å². The Morgan fingerprint density at radius 3 is 2.80 bits per heavy atom. The quantitative estimate of drug-likeness (QED) is 0.386. The second-order valence-electron chi connectivity index (χ2n) is 7.20. The summed E-state index contributed by atoms with van der Waals surface area (Å²) in [6.45, 7) is 6.92. The minimum atomic E-state index is -0.0166. The molecule has 0 saturated heterocycles. The molecule has 0 aliphatic rings. The van der Waals surface area contributed by atoms with E-state index in [0.717, 1.165) is 32.7 Å². The van der Waals surface area contributed by atoms with Crippen molar-refractivity contribution in [1.29, 1.82) is 0 Å². The number of anilines is 1. The predicted molar refractivity (Wildman–Crippen MR) is 120 cm³/mol. The number of nitrogens with zero attached hydrogens (tertiary/aromatic N) is 2. The number of carbonyl (C=O) groups is 1. The van der Waals surface area contributed by atoms with Crippen LogP contribution in [0.25, 0.3) is 10.2 Å². The van der Waals surface area contributed by atoms with Crippen LogP contribution in [0.3, 0.4) is 0 Å². The van der Waals surface area contributed by atoms with Gasteiger partial charge in [0.1, 0.15) is 17.0 Å². The number of para-hydroxylation sites is 1. The highest BCUT2D eigenvalue weighted by Gasteiger charge is 2.23. The molecular formula is C24H24N2O3S. The van der Waals surface area contributed by atoms with Gasteiger partial charge < -0.3 is 9.15 Å². The Hall–Kier alpha value is -3.12. The summed E-state index contributed by atoms with van der Waals surface area (Å²) >= 11 is 1.49. The Kier molecular flexibility index (Phi) is 5.86. The summed E-state index contributed by atoms with van der Waals surface area (Å²) in [5.41, 5.74) is 4.06. The minimum absolute atomic E-state index is 0.0166. The average molecular weight is 421 g/mol. The van der Waals surface area contributed by atoms with Crippen LogP contribution in [0.1, 0.15) is 29.4 Å². The third kappa shape index (κ3) is 4.24. The molecule has 5 nitrogen and oxygen atoms in total. The zero-order valence-corrected chi connectivity index (χ0v) is 18.2. The van der Waals surface area contributed by atoms with E-state index in [0.29, 0.717) is 30.5 Å². The number of amides is 1. The van der Waals surface area contributed by atoms with Crippen LogP contribution in [0.4, 0.5) is 5.13 Å². The van der Waals surface area contributed by atoms with E-state index in [9.17, 15) is 4.79 Å². The van der Waals surface area contributed by atoms with Gasteiger partial charge in [0.2, 0.25) is 5.91 Å². The maximum Gasteiger partial charge on any atom is 0.233 e. The van der Waals surface area contributed by atoms with E-state index in [1.807, 2.05) is 51.1 Å². The molecule has 0 aliphatic heterocycles. The first-order chi connectivity index (χ1) is 14.5. The molecule has 154 valence electrons. The van der Waals surface area contributed by atoms with E-state index in [-0.39, 0.29) is 5.91 Å². The molecule has 0 bridgehead atoms. The Morgan fingerprint density at radius 2 is 2.03 bits per heavy atom. The topological polar surface area (TPSA) is 55.6 Å². The summed E-state index contributed by atoms with van der Waals surface area (Å²) in [7, 11) is 0. The monoisotopic (exact) mass is 420 g/mol. The zero-order chi connectivity index (χ0) is 21.1. The number of carbonyl (C=O) groups excluding carboxylic acids is 1. The first-order valence-electron chi connectivity index (χ1n) is 9.96. The maximum absolute atomic E-state index is 13.4. The van der Waals surface area contributed by atoms with Gasteiger partial charge >= 0.3 is 0 Å². The fourth-order valence-corrected chi connectivity index (χ4v) is 4.37. The lowest BCUT2D eigenvalue weighted by Gasteiger charge is -2.19. The average Bonchev–Trinajstić information content (AvgIpc) is 3.39. The second kappa shape index (κ2) is 8.71. The smallest absolute Gasteiger partial charge is 0.233 e. The predicted octanol–water partition coefficient (Wildman–Crippen LogP) is 5.68. The van der Waals surface area contributed by atoms with Crippen molar-refractivity contribution in [3.8, 4) is 5.75 Å². The highest BCUT2D eigenvalue weighted by Crippen LogP contribution is 2.35. The maximum atomic E-state index is 13.4. The van der Waals surface area contributed by atoms with Gasteiger partial charge in [-0.05, 0) is 56.2 Å². The van der Waals surface area contributed by atoms with E-state index in [4.69, 9.17) is 14.1 Å². The van der Waals surface area contributed by atoms with E-state index in [1.54, 1.807) is 11.2 Å². The highest BCUT2D eigenvalue weighted by molar-refractivity contribution is 7.22. The first-order valence-corrected chi connectivity index (χ1v) is 10.8. The van der Waals surface area contributed by atoms with Gasteiger partial charge in [-0.2, -0.15) is 0 Å². The van der Waals surface area contributed by atoms with Gasteiger partial charge in [0.25, 0.3) is 0 Å². The number of ether oxygens (including phenoxy) is 1. The van der Waals surface area contributed by atoms with Crippen molar-refractivity contribution in [1.82, 2.24) is 4.98 Å². The van der Waals surface area contributed by atoms with Crippen LogP contribution in [-0.2, 0) is 17.8 Å². The summed E-state index contributed by atoms with van der Waals surface area (Å²) in [6, 6.07) is 15.7. The highest BCUT2D eigenvalue weighted by atomic mass is 32.1. The lowest BCUT2D eigenvalue weighted by atomic mass is 10.0. The second-order valence-corrected chi connectivity index (χ2v) is 8.21. The number of hydrogen-bond donors (Lipinski definition) is 0. The molecule has 0 radical (unpaired) electrons. The molecule has 2 aromatic carbocycles. The van der Waals surface area contributed by atoms with E-state index in [2.05, 4.69) is 18.2 Å². The number of furan rings is 1. The van der Waals surface area contributed by atoms with E-state index in [1.165, 1.54) is 11.3 Å². The van der Waals surface area contributed by atoms with Gasteiger partial charge in [0.15, 0.2) is 5.13 Å². The third-order valence-electron chi connectivity index (χ3n) is 4.94. The Morgan fingerprint density at radius 1 is 1.17 bits per heavy atom. The normalized spacial score (nSPS) is 11.0. The molecule has 0 unspecified atom stereocenters. The SMILES string of the molecule is CCOc1cccc2sc(N(Cc3ccco3)C(=O)Cc3cc(C)ccc3C)nc12. The van der Waals surface area contributed by atoms with Crippen molar-refractivity contribution in [3.63, 3.8) is 0 Å². The third-order valence-corrected chi connectivity index (χ3v) is 5.99. The van der Waals surface area contributed by atoms with Crippen molar-refractivity contribution in [2.24, 2.45) is 0 Å². The summed E-state index contributed by atoms with van der Waals surface area (Å²) < 4.78 is 12.2. The van der Waals surface area contributed by atoms with E-state index >= 15 is 0 Å². The first kappa shape index (κ1) is 20.2. The Bertz CT molecular complexity index is 1160. The van der Waals surface area contributed by atoms with E-state index < -0.39 is 0 Å². The summed E-state index contributed by atoms with van der Waals surface area (Å²) in [4.78, 5) is 19.9. The van der Waals surface area contributed by atoms with Crippen LogP contribution in [0, 0.1) is 13.8 Å². The molecule has 1 amide bonds. The van der Waals surface area contributed by atoms with Crippen molar-refractivity contribution in [2.45, 2.75) is 33.7 Å². The number of hydrogen-bond acceptors (Lipinski definition) is 5. The number of aromatic nitrogens is 1. The van der Waals surface area contributed by atoms with Crippen LogP contribution in [-0.4, -0.2) is 17.5 Å². The zero-order valence-electron chi connectivity index (χ0n) is 17.3. The number of aryl methyl sites for hydroxylation is 2. The lowest BCUT2D eigenvalue weighted by Crippen LogP contribution is -2.31. The fraction of sp³-hybridized carbons (Fsp3) is 0.250. The van der Waals surface area contributed by atoms with Gasteiger partial charge in [-0.25, -0.2) is 4.98 Å². The van der Waals surface area contributed by atoms with Gasteiger partial charge in [0, 0.05) is 0 Å². The molecule has 4 aromatic rings. The molecule has 2 aromatic heterocycles. The molecule has 0 spiro atoms. The molecule has 0 aliphatic carbocycles. The molecule has 6 heteroatoms. The standard InChI is InChI=1S/C24H24N2O3S/c1-4-28-20-8-5-9-21-23(20)25-24(30-21)26(15-19-7-6-12-29-19)22(27)14-18-13-16(2)10-11-17(18)3/h5-13H,4,14-15H2,1-3H3. The van der Waals surface area contributed by atoms with Crippen molar-refractivity contribution in [2.75, 3.05) is 11.5 Å². The van der Waals surface area contributed by atoms with Gasteiger partial charge in [-0.3, -0.25) is 9.69 Å². The number of rotatable bonds is 7. The molecule has 30 heavy (non-hydrogen) atoms. The summed E-state index contributed by atoms with van der Waals surface area (Å²) in [5, 5.41) is 0.642. The Balaban J connectivity index is 1.71. The van der Waals surface area contributed by atoms with Crippen molar-refractivity contribution >= 4 is 32.6 Å². The molecule has 0 atom stereocenters. The van der Waals surface area contributed by atoms with Crippen LogP contribution in [0.15, 0.2) is 59.2 Å². The van der Waals surface area contributed by atoms with Crippen LogP contribution in [0.5, 0.6) is 5.75 Å². The number of fused-ring (bicyclic) bond motifs is 1. The lowest BCUT2D eigenvalue weighted by molar-refractivity contribution is -0.118. The number of thiazole rings is 1. The Labute approximate surface area is 179 Å². The largest absolute Gasteiger partial charge is 0.492 e. The minimum Gasteiger partial charge on any atom is -0.492 e. The summed E-state index contributed by atoms with van der Waals surface area (Å²) in [5.74, 6) is 1.43. The van der Waals surface area contributed by atoms with Gasteiger partial charge in [-0.1, -0.05) is 41.2 Å². The molecule has 0 N–H and O–H groups in total. The van der Waals surface area contributed by atoms with Crippen LogP contribution >= 0.6 is 11.3 Å². The van der Waals surface area contributed by atoms with Gasteiger partial charge in [-0.15, -0.1) is 0 Å². The fourth-order valence-electron chi connectivity index (χ4n) is 3.37. The summed E-state index contributed by atoms with van der Waals surface area (Å²) in [6.07, 6.45) is 1.93. The number of benzene rings is 2. The van der Waals surface area contributed by atoms with Crippen molar-refractivity contribution in [3.05, 3.63) is 77.2 Å². The van der Waals surface area contributed by atoms with Gasteiger partial charge in [0.05, 0.1) is 30.5 Å². The molecule has 2 heterocycles. The molecular weight excluding hydrogens is 396 g/mol.